The van der Waals surface area contributed by atoms with Crippen LogP contribution in [0.2, 0.25) is 0 Å². The van der Waals surface area contributed by atoms with Gasteiger partial charge in [0.25, 0.3) is 10.0 Å². The molecule has 2 aromatic carbocycles. The molecule has 0 spiro atoms. The van der Waals surface area contributed by atoms with Crippen LogP contribution in [-0.2, 0) is 16.4 Å². The largest absolute Gasteiger partial charge is 0.481 e. The first-order chi connectivity index (χ1) is 12.0. The summed E-state index contributed by atoms with van der Waals surface area (Å²) >= 11 is 0. The van der Waals surface area contributed by atoms with Crippen LogP contribution < -0.4 is 9.04 Å². The van der Waals surface area contributed by atoms with Gasteiger partial charge in [-0.25, -0.2) is 8.42 Å². The van der Waals surface area contributed by atoms with E-state index in [2.05, 4.69) is 5.92 Å². The van der Waals surface area contributed by atoms with Gasteiger partial charge in [0.2, 0.25) is 0 Å². The molecule has 0 aliphatic heterocycles. The van der Waals surface area contributed by atoms with E-state index in [9.17, 15) is 8.42 Å². The standard InChI is InChI=1S/C20H19NO3S/c1-3-14-24-19-11-9-18(10-12-19)21(2)25(22,23)20-13-8-16-6-4-5-7-17(16)15-20/h1,4-7,9-12,15H,8,13-14H2,2H3. The maximum atomic E-state index is 13.0. The van der Waals surface area contributed by atoms with Crippen molar-refractivity contribution in [3.8, 4) is 18.1 Å². The molecule has 0 N–H and O–H groups in total. The Morgan fingerprint density at radius 1 is 1.12 bits per heavy atom. The van der Waals surface area contributed by atoms with Gasteiger partial charge < -0.3 is 4.74 Å². The highest BCUT2D eigenvalue weighted by molar-refractivity contribution is 7.96. The molecular weight excluding hydrogens is 334 g/mol. The van der Waals surface area contributed by atoms with Crippen molar-refractivity contribution in [3.63, 3.8) is 0 Å². The van der Waals surface area contributed by atoms with Crippen LogP contribution in [0.3, 0.4) is 0 Å². The van der Waals surface area contributed by atoms with Gasteiger partial charge in [-0.05, 0) is 54.3 Å². The second-order valence-electron chi connectivity index (χ2n) is 5.77. The zero-order valence-corrected chi connectivity index (χ0v) is 14.8. The number of nitrogens with zero attached hydrogens (tertiary/aromatic N) is 1. The smallest absolute Gasteiger partial charge is 0.260 e. The number of fused-ring (bicyclic) bond motifs is 1. The minimum absolute atomic E-state index is 0.180. The number of terminal acetylenes is 1. The minimum Gasteiger partial charge on any atom is -0.481 e. The predicted molar refractivity (Wildman–Crippen MR) is 101 cm³/mol. The Labute approximate surface area is 148 Å². The van der Waals surface area contributed by atoms with Gasteiger partial charge in [0.1, 0.15) is 12.4 Å². The number of hydrogen-bond acceptors (Lipinski definition) is 3. The molecule has 5 heteroatoms. The summed E-state index contributed by atoms with van der Waals surface area (Å²) in [5.41, 5.74) is 2.73. The molecule has 0 bridgehead atoms. The van der Waals surface area contributed by atoms with Crippen molar-refractivity contribution < 1.29 is 13.2 Å². The van der Waals surface area contributed by atoms with Crippen molar-refractivity contribution in [1.82, 2.24) is 0 Å². The van der Waals surface area contributed by atoms with Crippen LogP contribution in [0.4, 0.5) is 5.69 Å². The van der Waals surface area contributed by atoms with E-state index in [0.717, 1.165) is 12.0 Å². The first-order valence-corrected chi connectivity index (χ1v) is 9.40. The van der Waals surface area contributed by atoms with Crippen LogP contribution in [0.1, 0.15) is 17.5 Å². The molecule has 25 heavy (non-hydrogen) atoms. The topological polar surface area (TPSA) is 46.6 Å². The average molecular weight is 353 g/mol. The van der Waals surface area contributed by atoms with Crippen LogP contribution in [0.15, 0.2) is 53.4 Å². The van der Waals surface area contributed by atoms with Crippen molar-refractivity contribution in [3.05, 3.63) is 64.6 Å². The molecule has 0 heterocycles. The van der Waals surface area contributed by atoms with Gasteiger partial charge in [-0.1, -0.05) is 30.2 Å². The van der Waals surface area contributed by atoms with Gasteiger partial charge in [-0.2, -0.15) is 0 Å². The average Bonchev–Trinajstić information content (AvgIpc) is 2.65. The Bertz CT molecular complexity index is 938. The normalized spacial score (nSPS) is 13.4. The summed E-state index contributed by atoms with van der Waals surface area (Å²) in [6.45, 7) is 0.180. The third-order valence-corrected chi connectivity index (χ3v) is 6.14. The van der Waals surface area contributed by atoms with Crippen molar-refractivity contribution >= 4 is 21.8 Å². The molecule has 1 aliphatic rings. The zero-order chi connectivity index (χ0) is 17.9. The van der Waals surface area contributed by atoms with Crippen LogP contribution in [-0.4, -0.2) is 22.1 Å². The maximum absolute atomic E-state index is 13.0. The number of sulfonamides is 1. The monoisotopic (exact) mass is 353 g/mol. The van der Waals surface area contributed by atoms with Gasteiger partial charge in [-0.15, -0.1) is 6.42 Å². The van der Waals surface area contributed by atoms with Crippen molar-refractivity contribution in [2.75, 3.05) is 18.0 Å². The second kappa shape index (κ2) is 7.04. The summed E-state index contributed by atoms with van der Waals surface area (Å²) in [5, 5.41) is 0. The van der Waals surface area contributed by atoms with Gasteiger partial charge >= 0.3 is 0 Å². The lowest BCUT2D eigenvalue weighted by atomic mass is 9.98. The van der Waals surface area contributed by atoms with E-state index in [0.29, 0.717) is 22.8 Å². The van der Waals surface area contributed by atoms with Crippen molar-refractivity contribution in [1.29, 1.82) is 0 Å². The lowest BCUT2D eigenvalue weighted by Crippen LogP contribution is -2.28. The minimum atomic E-state index is -3.57. The number of anilines is 1. The van der Waals surface area contributed by atoms with Crippen LogP contribution in [0.25, 0.3) is 6.08 Å². The van der Waals surface area contributed by atoms with Crippen molar-refractivity contribution in [2.24, 2.45) is 0 Å². The molecule has 1 aliphatic carbocycles. The van der Waals surface area contributed by atoms with E-state index in [4.69, 9.17) is 11.2 Å². The number of allylic oxidation sites excluding steroid dienone is 1. The molecule has 0 saturated carbocycles. The SMILES string of the molecule is C#CCOc1ccc(N(C)S(=O)(=O)C2=Cc3ccccc3CC2)cc1. The number of ether oxygens (including phenoxy) is 1. The summed E-state index contributed by atoms with van der Waals surface area (Å²) in [5.74, 6) is 3.00. The Hall–Kier alpha value is -2.71. The molecule has 0 radical (unpaired) electrons. The Balaban J connectivity index is 1.85. The summed E-state index contributed by atoms with van der Waals surface area (Å²) in [4.78, 5) is 0.432. The number of rotatable bonds is 5. The van der Waals surface area contributed by atoms with Gasteiger partial charge in [-0.3, -0.25) is 4.31 Å². The highest BCUT2D eigenvalue weighted by Crippen LogP contribution is 2.31. The Morgan fingerprint density at radius 3 is 2.56 bits per heavy atom. The number of hydrogen-bond donors (Lipinski definition) is 0. The van der Waals surface area contributed by atoms with Crippen LogP contribution in [0, 0.1) is 12.3 Å². The third kappa shape index (κ3) is 3.54. The Morgan fingerprint density at radius 2 is 1.84 bits per heavy atom. The molecule has 4 nitrogen and oxygen atoms in total. The van der Waals surface area contributed by atoms with Crippen LogP contribution in [0.5, 0.6) is 5.75 Å². The highest BCUT2D eigenvalue weighted by Gasteiger charge is 2.26. The van der Waals surface area contributed by atoms with Gasteiger partial charge in [0.05, 0.1) is 10.6 Å². The summed E-state index contributed by atoms with van der Waals surface area (Å²) in [6, 6.07) is 14.7. The van der Waals surface area contributed by atoms with Crippen molar-refractivity contribution in [2.45, 2.75) is 12.8 Å². The molecule has 0 atom stereocenters. The van der Waals surface area contributed by atoms with E-state index in [1.54, 1.807) is 37.4 Å². The van der Waals surface area contributed by atoms with Gasteiger partial charge in [0, 0.05) is 7.05 Å². The predicted octanol–water partition coefficient (Wildman–Crippen LogP) is 3.45. The quantitative estimate of drug-likeness (QED) is 0.774. The molecule has 0 fully saturated rings. The first-order valence-electron chi connectivity index (χ1n) is 7.96. The molecule has 128 valence electrons. The molecular formula is C20H19NO3S. The van der Waals surface area contributed by atoms with Gasteiger partial charge in [0.15, 0.2) is 0 Å². The molecule has 3 rings (SSSR count). The second-order valence-corrected chi connectivity index (χ2v) is 7.79. The lowest BCUT2D eigenvalue weighted by Gasteiger charge is -2.24. The molecule has 0 saturated heterocycles. The fourth-order valence-electron chi connectivity index (χ4n) is 2.80. The fraction of sp³-hybridized carbons (Fsp3) is 0.200. The summed E-state index contributed by atoms with van der Waals surface area (Å²) in [6.07, 6.45) is 8.17. The zero-order valence-electron chi connectivity index (χ0n) is 14.0. The first kappa shape index (κ1) is 17.1. The highest BCUT2D eigenvalue weighted by atomic mass is 32.2. The number of benzene rings is 2. The third-order valence-electron chi connectivity index (χ3n) is 4.23. The molecule has 0 amide bonds. The van der Waals surface area contributed by atoms with E-state index < -0.39 is 10.0 Å². The summed E-state index contributed by atoms with van der Waals surface area (Å²) < 4.78 is 32.5. The van der Waals surface area contributed by atoms with E-state index in [1.807, 2.05) is 24.3 Å². The van der Waals surface area contributed by atoms with E-state index in [1.165, 1.54) is 9.87 Å². The summed E-state index contributed by atoms with van der Waals surface area (Å²) in [7, 11) is -2.00. The van der Waals surface area contributed by atoms with E-state index >= 15 is 0 Å². The molecule has 2 aromatic rings. The fourth-order valence-corrected chi connectivity index (χ4v) is 4.19. The Kier molecular flexibility index (Phi) is 4.82. The lowest BCUT2D eigenvalue weighted by molar-refractivity contribution is 0.370. The maximum Gasteiger partial charge on any atom is 0.260 e. The number of aryl methyl sites for hydroxylation is 1. The van der Waals surface area contributed by atoms with Crippen LogP contribution >= 0.6 is 0 Å². The van der Waals surface area contributed by atoms with E-state index in [-0.39, 0.29) is 6.61 Å². The molecule has 0 unspecified atom stereocenters. The molecule has 0 aromatic heterocycles.